The molecule has 0 atom stereocenters. The van der Waals surface area contributed by atoms with E-state index in [9.17, 15) is 6.48 Å². The molecule has 0 spiro atoms. The number of hydrogen-bond donors (Lipinski definition) is 1. The van der Waals surface area contributed by atoms with Crippen LogP contribution in [0.2, 0.25) is 0 Å². The third-order valence-electron chi connectivity index (χ3n) is 9.98. The Morgan fingerprint density at radius 2 is 1.53 bits per heavy atom. The van der Waals surface area contributed by atoms with E-state index in [0.717, 1.165) is 27.8 Å². The minimum absolute atomic E-state index is 0. The second kappa shape index (κ2) is 15.8. The van der Waals surface area contributed by atoms with E-state index in [1.165, 1.54) is 0 Å². The van der Waals surface area contributed by atoms with E-state index in [-0.39, 0.29) is 38.1 Å². The van der Waals surface area contributed by atoms with Crippen LogP contribution in [0.3, 0.4) is 0 Å². The van der Waals surface area contributed by atoms with Crippen LogP contribution in [-0.2, 0) is 26.5 Å². The largest absolute Gasteiger partial charge is 0.507 e. The molecule has 5 heteroatoms. The predicted octanol–water partition coefficient (Wildman–Crippen LogP) is 13.6. The van der Waals surface area contributed by atoms with Crippen molar-refractivity contribution in [3.63, 3.8) is 0 Å². The average Bonchev–Trinajstić information content (AvgIpc) is 3.65. The summed E-state index contributed by atoms with van der Waals surface area (Å²) in [5.74, 6) is -0.467. The van der Waals surface area contributed by atoms with Crippen LogP contribution in [-0.4, -0.2) is 19.6 Å². The number of rotatable bonds is 7. The summed E-state index contributed by atoms with van der Waals surface area (Å²) in [4.78, 5) is 9.72. The number of fused-ring (bicyclic) bond motifs is 1. The van der Waals surface area contributed by atoms with E-state index in [2.05, 4.69) is 11.1 Å². The molecule has 0 aliphatic carbocycles. The maximum absolute atomic E-state index is 11.7. The minimum Gasteiger partial charge on any atom is -0.507 e. The smallest absolute Gasteiger partial charge is 0.148 e. The third-order valence-corrected chi connectivity index (χ3v) is 9.98. The summed E-state index contributed by atoms with van der Waals surface area (Å²) >= 11 is 0. The first kappa shape index (κ1) is 27.9. The number of nitrogens with zero attached hydrogens (tertiary/aromatic N) is 3. The molecule has 4 nitrogen and oxygen atoms in total. The number of benzene rings is 6. The number of para-hydroxylation sites is 1. The Morgan fingerprint density at radius 1 is 0.772 bits per heavy atom. The first-order valence-corrected chi connectivity index (χ1v) is 18.5. The minimum atomic E-state index is -2.97. The van der Waals surface area contributed by atoms with Gasteiger partial charge in [-0.3, -0.25) is 9.55 Å². The molecule has 8 aromatic rings. The Kier molecular flexibility index (Phi) is 7.72. The Morgan fingerprint density at radius 3 is 2.25 bits per heavy atom. The molecule has 0 aliphatic heterocycles. The van der Waals surface area contributed by atoms with Crippen LogP contribution in [0.25, 0.3) is 72.7 Å². The van der Waals surface area contributed by atoms with Gasteiger partial charge in [0.25, 0.3) is 0 Å². The quantitative estimate of drug-likeness (QED) is 0.162. The van der Waals surface area contributed by atoms with Gasteiger partial charge in [-0.1, -0.05) is 136 Å². The molecule has 0 bridgehead atoms. The first-order valence-electron chi connectivity index (χ1n) is 24.0. The molecule has 0 saturated heterocycles. The summed E-state index contributed by atoms with van der Waals surface area (Å²) in [6.07, 6.45) is -0.597. The second-order valence-corrected chi connectivity index (χ2v) is 15.5. The molecule has 288 valence electrons. The van der Waals surface area contributed by atoms with Gasteiger partial charge in [-0.25, -0.2) is 4.98 Å². The van der Waals surface area contributed by atoms with Gasteiger partial charge in [-0.15, -0.1) is 29.3 Å². The molecule has 6 aromatic carbocycles. The molecule has 0 saturated carbocycles. The molecule has 57 heavy (non-hydrogen) atoms. The van der Waals surface area contributed by atoms with Crippen LogP contribution in [0.15, 0.2) is 133 Å². The molecule has 0 amide bonds. The number of hydrogen-bond acceptors (Lipinski definition) is 3. The van der Waals surface area contributed by atoms with Crippen LogP contribution < -0.4 is 0 Å². The molecular weight excluding hydrogens is 878 g/mol. The third kappa shape index (κ3) is 7.89. The normalized spacial score (nSPS) is 14.8. The summed E-state index contributed by atoms with van der Waals surface area (Å²) in [6, 6.07) is 28.4. The first-order chi connectivity index (χ1) is 31.3. The van der Waals surface area contributed by atoms with Gasteiger partial charge in [0, 0.05) is 44.1 Å². The van der Waals surface area contributed by atoms with Gasteiger partial charge in [0.1, 0.15) is 11.6 Å². The van der Waals surface area contributed by atoms with Crippen molar-refractivity contribution >= 4 is 11.0 Å². The topological polar surface area (TPSA) is 50.9 Å². The predicted molar refractivity (Wildman–Crippen MR) is 234 cm³/mol. The van der Waals surface area contributed by atoms with Gasteiger partial charge in [0.15, 0.2) is 0 Å². The molecule has 2 aromatic heterocycles. The van der Waals surface area contributed by atoms with Crippen LogP contribution in [0.5, 0.6) is 5.75 Å². The number of aromatic hydroxyl groups is 1. The molecule has 1 N–H and O–H groups in total. The standard InChI is InChI=1S/C52H48N3O.Pt/c1-32(2)39-25-40(36-13-10-9-11-14-36)30-44(29-39)55-48-16-12-15-45(49(48)54-51(55)46-24-34(4)23-35(5)50(46)56)41-26-42(28-43(27-41)52(6,7)8)47-31-38(21-22-53-47)37-19-17-33(3)18-20-37;/h9-25,27-32,56H,1-8H3;/q-1;/i3D3,17D,18D,19D,20D,21D,22D,31D,32D;. The van der Waals surface area contributed by atoms with Gasteiger partial charge in [0.05, 0.1) is 26.2 Å². The van der Waals surface area contributed by atoms with Crippen molar-refractivity contribution in [2.45, 2.75) is 66.6 Å². The molecule has 2 heterocycles. The van der Waals surface area contributed by atoms with Gasteiger partial charge in [0.2, 0.25) is 0 Å². The Labute approximate surface area is 367 Å². The van der Waals surface area contributed by atoms with Crippen LogP contribution in [0.4, 0.5) is 0 Å². The van der Waals surface area contributed by atoms with Crippen molar-refractivity contribution in [2.24, 2.45) is 0 Å². The number of aromatic nitrogens is 3. The van der Waals surface area contributed by atoms with Gasteiger partial charge < -0.3 is 5.11 Å². The van der Waals surface area contributed by atoms with E-state index in [1.54, 1.807) is 6.07 Å². The van der Waals surface area contributed by atoms with Crippen LogP contribution in [0, 0.1) is 26.8 Å². The number of aryl methyl sites for hydroxylation is 2. The van der Waals surface area contributed by atoms with E-state index >= 15 is 0 Å². The van der Waals surface area contributed by atoms with Crippen molar-refractivity contribution in [2.75, 3.05) is 0 Å². The summed E-state index contributed by atoms with van der Waals surface area (Å²) < 4.78 is 96.7. The molecule has 0 unspecified atom stereocenters. The fraction of sp³-hybridized carbons (Fsp3) is 0.192. The number of phenolic OH excluding ortho intramolecular Hbond substituents is 1. The summed E-state index contributed by atoms with van der Waals surface area (Å²) in [5, 5.41) is 11.7. The molecule has 0 radical (unpaired) electrons. The van der Waals surface area contributed by atoms with Gasteiger partial charge >= 0.3 is 0 Å². The van der Waals surface area contributed by atoms with Crippen LogP contribution >= 0.6 is 0 Å². The Bertz CT molecular complexity index is 3290. The van der Waals surface area contributed by atoms with E-state index in [4.69, 9.17) is 18.7 Å². The Balaban J connectivity index is 0.00000684. The molecule has 0 fully saturated rings. The zero-order valence-corrected chi connectivity index (χ0v) is 35.0. The summed E-state index contributed by atoms with van der Waals surface area (Å²) in [6.45, 7) is 10.5. The van der Waals surface area contributed by atoms with Crippen molar-refractivity contribution in [1.29, 1.82) is 0 Å². The molecule has 0 aliphatic rings. The molecule has 8 rings (SSSR count). The number of phenols is 1. The summed E-state index contributed by atoms with van der Waals surface area (Å²) in [7, 11) is 0. The van der Waals surface area contributed by atoms with Gasteiger partial charge in [-0.05, 0) is 101 Å². The number of imidazole rings is 1. The molecular formula is C52H48N3OPt-. The zero-order valence-electron chi connectivity index (χ0n) is 43.8. The average molecular weight is 937 g/mol. The second-order valence-electron chi connectivity index (χ2n) is 15.5. The van der Waals surface area contributed by atoms with Crippen molar-refractivity contribution in [1.82, 2.24) is 14.5 Å². The van der Waals surface area contributed by atoms with E-state index < -0.39 is 77.3 Å². The van der Waals surface area contributed by atoms with Gasteiger partial charge in [-0.2, -0.15) is 0 Å². The fourth-order valence-electron chi connectivity index (χ4n) is 7.00. The van der Waals surface area contributed by atoms with Crippen molar-refractivity contribution in [3.05, 3.63) is 167 Å². The van der Waals surface area contributed by atoms with E-state index in [0.29, 0.717) is 44.8 Å². The van der Waals surface area contributed by atoms with Crippen LogP contribution in [0.1, 0.15) is 83.4 Å². The number of pyridine rings is 1. The van der Waals surface area contributed by atoms with Crippen molar-refractivity contribution in [3.8, 4) is 67.5 Å². The maximum atomic E-state index is 11.7. The zero-order chi connectivity index (χ0) is 48.8. The monoisotopic (exact) mass is 936 g/mol. The van der Waals surface area contributed by atoms with E-state index in [1.807, 2.05) is 138 Å². The SMILES string of the molecule is [2H]c1nc(-c2[c-]c(-c3cccc4c3nc(-c3cc(C)cc(C)c3O)n4-c3cc(-c4ccccc4)cc(C([2H])(C)C)c3)cc(C(C)(C)C)c2)c([2H])c(-c2c([2H])c([2H])c(C([2H])([2H])[2H])c([2H])c2[2H])c1[2H].[Pt]. The fourth-order valence-corrected chi connectivity index (χ4v) is 7.00. The van der Waals surface area contributed by atoms with Crippen molar-refractivity contribution < 1.29 is 41.3 Å². The maximum Gasteiger partial charge on any atom is 0.148 e. The summed E-state index contributed by atoms with van der Waals surface area (Å²) in [5.41, 5.74) is 6.57. The Hall–Kier alpha value is -5.57.